The van der Waals surface area contributed by atoms with E-state index >= 15 is 0 Å². The molecular weight excluding hydrogens is 268 g/mol. The standard InChI is InChI=1S/C16H22N2OS/c19-16-9-13(12-20)11-18(16)15-6-4-5-14(10-15)17-7-2-1-3-8-17/h4-6,10,13,20H,1-3,7-9,11-12H2. The third kappa shape index (κ3) is 2.80. The van der Waals surface area contributed by atoms with Crippen molar-refractivity contribution in [3.63, 3.8) is 0 Å². The van der Waals surface area contributed by atoms with Gasteiger partial charge in [-0.15, -0.1) is 0 Å². The van der Waals surface area contributed by atoms with Crippen LogP contribution in [0.15, 0.2) is 24.3 Å². The molecule has 2 aliphatic rings. The minimum atomic E-state index is 0.236. The van der Waals surface area contributed by atoms with Crippen LogP contribution in [0.1, 0.15) is 25.7 Å². The molecular formula is C16H22N2OS. The Balaban J connectivity index is 1.78. The summed E-state index contributed by atoms with van der Waals surface area (Å²) in [5, 5.41) is 0. The minimum absolute atomic E-state index is 0.236. The molecule has 4 heteroatoms. The van der Waals surface area contributed by atoms with Gasteiger partial charge in [-0.25, -0.2) is 0 Å². The van der Waals surface area contributed by atoms with Crippen LogP contribution in [-0.4, -0.2) is 31.3 Å². The van der Waals surface area contributed by atoms with Crippen LogP contribution in [-0.2, 0) is 4.79 Å². The molecule has 0 aromatic heterocycles. The van der Waals surface area contributed by atoms with Gasteiger partial charge in [-0.05, 0) is 49.1 Å². The molecule has 2 heterocycles. The average Bonchev–Trinajstić information content (AvgIpc) is 2.89. The molecule has 1 unspecified atom stereocenters. The number of piperidine rings is 1. The van der Waals surface area contributed by atoms with E-state index in [1.54, 1.807) is 0 Å². The van der Waals surface area contributed by atoms with Gasteiger partial charge < -0.3 is 9.80 Å². The molecule has 0 aliphatic carbocycles. The molecule has 0 bridgehead atoms. The van der Waals surface area contributed by atoms with Crippen molar-refractivity contribution in [3.05, 3.63) is 24.3 Å². The molecule has 0 saturated carbocycles. The summed E-state index contributed by atoms with van der Waals surface area (Å²) in [7, 11) is 0. The number of hydrogen-bond acceptors (Lipinski definition) is 3. The van der Waals surface area contributed by atoms with Gasteiger partial charge >= 0.3 is 0 Å². The Morgan fingerprint density at radius 2 is 1.90 bits per heavy atom. The summed E-state index contributed by atoms with van der Waals surface area (Å²) >= 11 is 4.33. The third-order valence-corrected chi connectivity index (χ3v) is 4.84. The number of nitrogens with zero attached hydrogens (tertiary/aromatic N) is 2. The van der Waals surface area contributed by atoms with Gasteiger partial charge in [-0.1, -0.05) is 6.07 Å². The normalized spacial score (nSPS) is 23.4. The Bertz CT molecular complexity index is 485. The smallest absolute Gasteiger partial charge is 0.227 e. The highest BCUT2D eigenvalue weighted by Crippen LogP contribution is 2.29. The summed E-state index contributed by atoms with van der Waals surface area (Å²) in [6, 6.07) is 8.45. The first-order valence-corrected chi connectivity index (χ1v) is 8.17. The summed E-state index contributed by atoms with van der Waals surface area (Å²) in [6.45, 7) is 3.08. The molecule has 2 fully saturated rings. The highest BCUT2D eigenvalue weighted by molar-refractivity contribution is 7.80. The molecule has 1 amide bonds. The zero-order chi connectivity index (χ0) is 13.9. The number of carbonyl (C=O) groups excluding carboxylic acids is 1. The number of amides is 1. The molecule has 3 rings (SSSR count). The van der Waals surface area contributed by atoms with Crippen molar-refractivity contribution in [2.75, 3.05) is 35.2 Å². The summed E-state index contributed by atoms with van der Waals surface area (Å²) in [4.78, 5) is 16.5. The van der Waals surface area contributed by atoms with Crippen LogP contribution in [0, 0.1) is 5.92 Å². The topological polar surface area (TPSA) is 23.6 Å². The second-order valence-corrected chi connectivity index (χ2v) is 6.19. The third-order valence-electron chi connectivity index (χ3n) is 4.33. The molecule has 108 valence electrons. The van der Waals surface area contributed by atoms with Crippen molar-refractivity contribution >= 4 is 29.9 Å². The summed E-state index contributed by atoms with van der Waals surface area (Å²) < 4.78 is 0. The van der Waals surface area contributed by atoms with Crippen molar-refractivity contribution in [2.45, 2.75) is 25.7 Å². The maximum Gasteiger partial charge on any atom is 0.227 e. The molecule has 1 aromatic carbocycles. The molecule has 0 N–H and O–H groups in total. The van der Waals surface area contributed by atoms with E-state index < -0.39 is 0 Å². The maximum atomic E-state index is 12.1. The van der Waals surface area contributed by atoms with Crippen molar-refractivity contribution in [2.24, 2.45) is 5.92 Å². The maximum absolute atomic E-state index is 12.1. The van der Waals surface area contributed by atoms with E-state index in [2.05, 4.69) is 35.7 Å². The first-order chi connectivity index (χ1) is 9.78. The molecule has 1 atom stereocenters. The van der Waals surface area contributed by atoms with Crippen LogP contribution in [0.5, 0.6) is 0 Å². The minimum Gasteiger partial charge on any atom is -0.371 e. The zero-order valence-electron chi connectivity index (χ0n) is 11.8. The number of rotatable bonds is 3. The Hall–Kier alpha value is -1.16. The predicted molar refractivity (Wildman–Crippen MR) is 86.8 cm³/mol. The second-order valence-electron chi connectivity index (χ2n) is 5.82. The lowest BCUT2D eigenvalue weighted by Crippen LogP contribution is -2.30. The first kappa shape index (κ1) is 13.8. The molecule has 1 aromatic rings. The quantitative estimate of drug-likeness (QED) is 0.865. The Morgan fingerprint density at radius 1 is 1.15 bits per heavy atom. The van der Waals surface area contributed by atoms with E-state index in [1.165, 1.54) is 24.9 Å². The number of hydrogen-bond donors (Lipinski definition) is 1. The van der Waals surface area contributed by atoms with Crippen LogP contribution < -0.4 is 9.80 Å². The van der Waals surface area contributed by atoms with Gasteiger partial charge in [-0.3, -0.25) is 4.79 Å². The van der Waals surface area contributed by atoms with Crippen molar-refractivity contribution in [1.29, 1.82) is 0 Å². The number of anilines is 2. The van der Waals surface area contributed by atoms with Crippen LogP contribution in [0.3, 0.4) is 0 Å². The van der Waals surface area contributed by atoms with Crippen molar-refractivity contribution < 1.29 is 4.79 Å². The van der Waals surface area contributed by atoms with E-state index in [1.807, 2.05) is 11.0 Å². The molecule has 2 aliphatic heterocycles. The van der Waals surface area contributed by atoms with Crippen molar-refractivity contribution in [3.8, 4) is 0 Å². The van der Waals surface area contributed by atoms with E-state index in [9.17, 15) is 4.79 Å². The van der Waals surface area contributed by atoms with Gasteiger partial charge in [0.05, 0.1) is 0 Å². The fourth-order valence-corrected chi connectivity index (χ4v) is 3.41. The van der Waals surface area contributed by atoms with Gasteiger partial charge in [-0.2, -0.15) is 12.6 Å². The van der Waals surface area contributed by atoms with Crippen LogP contribution in [0.25, 0.3) is 0 Å². The SMILES string of the molecule is O=C1CC(CS)CN1c1cccc(N2CCCCC2)c1. The van der Waals surface area contributed by atoms with E-state index in [0.717, 1.165) is 31.1 Å². The lowest BCUT2D eigenvalue weighted by molar-refractivity contribution is -0.117. The monoisotopic (exact) mass is 290 g/mol. The molecule has 0 radical (unpaired) electrons. The largest absolute Gasteiger partial charge is 0.371 e. The molecule has 3 nitrogen and oxygen atoms in total. The highest BCUT2D eigenvalue weighted by atomic mass is 32.1. The number of carbonyl (C=O) groups is 1. The van der Waals surface area contributed by atoms with Gasteiger partial charge in [0.15, 0.2) is 0 Å². The Morgan fingerprint density at radius 3 is 2.60 bits per heavy atom. The molecule has 0 spiro atoms. The van der Waals surface area contributed by atoms with Crippen LogP contribution in [0.2, 0.25) is 0 Å². The van der Waals surface area contributed by atoms with Gasteiger partial charge in [0.1, 0.15) is 0 Å². The summed E-state index contributed by atoms with van der Waals surface area (Å²) in [5.41, 5.74) is 2.30. The summed E-state index contributed by atoms with van der Waals surface area (Å²) in [6.07, 6.45) is 4.52. The predicted octanol–water partition coefficient (Wildman–Crippen LogP) is 2.96. The average molecular weight is 290 g/mol. The Kier molecular flexibility index (Phi) is 4.20. The Labute approximate surface area is 126 Å². The first-order valence-electron chi connectivity index (χ1n) is 7.54. The molecule has 20 heavy (non-hydrogen) atoms. The fourth-order valence-electron chi connectivity index (χ4n) is 3.16. The van der Waals surface area contributed by atoms with Gasteiger partial charge in [0, 0.05) is 37.4 Å². The lowest BCUT2D eigenvalue weighted by atomic mass is 10.1. The number of benzene rings is 1. The molecule has 2 saturated heterocycles. The second kappa shape index (κ2) is 6.08. The van der Waals surface area contributed by atoms with Crippen molar-refractivity contribution in [1.82, 2.24) is 0 Å². The van der Waals surface area contributed by atoms with Gasteiger partial charge in [0.25, 0.3) is 0 Å². The fraction of sp³-hybridized carbons (Fsp3) is 0.562. The van der Waals surface area contributed by atoms with E-state index in [0.29, 0.717) is 12.3 Å². The van der Waals surface area contributed by atoms with Crippen LogP contribution in [0.4, 0.5) is 11.4 Å². The highest BCUT2D eigenvalue weighted by Gasteiger charge is 2.29. The zero-order valence-corrected chi connectivity index (χ0v) is 12.7. The van der Waals surface area contributed by atoms with E-state index in [4.69, 9.17) is 0 Å². The number of thiol groups is 1. The van der Waals surface area contributed by atoms with E-state index in [-0.39, 0.29) is 5.91 Å². The lowest BCUT2D eigenvalue weighted by Gasteiger charge is -2.29. The van der Waals surface area contributed by atoms with Crippen LogP contribution >= 0.6 is 12.6 Å². The summed E-state index contributed by atoms with van der Waals surface area (Å²) in [5.74, 6) is 1.41. The van der Waals surface area contributed by atoms with Gasteiger partial charge in [0.2, 0.25) is 5.91 Å².